The van der Waals surface area contributed by atoms with Gasteiger partial charge in [-0.05, 0) is 38.3 Å². The molecular formula is C11H19ClN4. The largest absolute Gasteiger partial charge is 0.341 e. The number of halogens is 1. The number of rotatable bonds is 2. The van der Waals surface area contributed by atoms with E-state index in [0.29, 0.717) is 5.92 Å². The van der Waals surface area contributed by atoms with Crippen molar-refractivity contribution in [2.24, 2.45) is 11.7 Å². The second-order valence-electron chi connectivity index (χ2n) is 4.16. The van der Waals surface area contributed by atoms with Gasteiger partial charge in [0.2, 0.25) is 5.95 Å². The zero-order valence-corrected chi connectivity index (χ0v) is 10.4. The lowest BCUT2D eigenvalue weighted by molar-refractivity contribution is 0.411. The van der Waals surface area contributed by atoms with Gasteiger partial charge in [-0.3, -0.25) is 0 Å². The normalized spacial score (nSPS) is 17.0. The van der Waals surface area contributed by atoms with Gasteiger partial charge in [0.05, 0.1) is 0 Å². The van der Waals surface area contributed by atoms with Gasteiger partial charge in [0.15, 0.2) is 0 Å². The first-order valence-corrected chi connectivity index (χ1v) is 5.54. The molecule has 4 nitrogen and oxygen atoms in total. The summed E-state index contributed by atoms with van der Waals surface area (Å²) in [4.78, 5) is 11.0. The maximum Gasteiger partial charge on any atom is 0.225 e. The highest BCUT2D eigenvalue weighted by molar-refractivity contribution is 5.85. The Balaban J connectivity index is 0.00000128. The Morgan fingerprint density at radius 1 is 1.44 bits per heavy atom. The lowest BCUT2D eigenvalue weighted by atomic mass is 9.97. The summed E-state index contributed by atoms with van der Waals surface area (Å²) in [5.41, 5.74) is 6.69. The number of nitrogens with two attached hydrogens (primary N) is 1. The van der Waals surface area contributed by atoms with Gasteiger partial charge in [0.1, 0.15) is 0 Å². The second-order valence-corrected chi connectivity index (χ2v) is 4.16. The molecule has 1 aliphatic rings. The fourth-order valence-corrected chi connectivity index (χ4v) is 1.96. The molecule has 5 heteroatoms. The summed E-state index contributed by atoms with van der Waals surface area (Å²) in [5, 5.41) is 0. The molecule has 16 heavy (non-hydrogen) atoms. The van der Waals surface area contributed by atoms with Crippen molar-refractivity contribution in [2.45, 2.75) is 19.8 Å². The molecule has 0 radical (unpaired) electrons. The van der Waals surface area contributed by atoms with Crippen LogP contribution in [-0.4, -0.2) is 29.6 Å². The Bertz CT molecular complexity index is 324. The van der Waals surface area contributed by atoms with E-state index in [1.54, 1.807) is 0 Å². The molecule has 90 valence electrons. The standard InChI is InChI=1S/C11H18N4.ClH/c1-9-2-5-13-11(14-9)15-6-3-10(8-12)4-7-15;/h2,5,10H,3-4,6-8,12H2,1H3;1H. The summed E-state index contributed by atoms with van der Waals surface area (Å²) in [5.74, 6) is 1.55. The Morgan fingerprint density at radius 2 is 2.12 bits per heavy atom. The Kier molecular flexibility index (Phi) is 4.96. The highest BCUT2D eigenvalue weighted by Crippen LogP contribution is 2.19. The van der Waals surface area contributed by atoms with E-state index in [-0.39, 0.29) is 12.4 Å². The average molecular weight is 243 g/mol. The van der Waals surface area contributed by atoms with Gasteiger partial charge < -0.3 is 10.6 Å². The Labute approximate surface area is 103 Å². The fourth-order valence-electron chi connectivity index (χ4n) is 1.96. The van der Waals surface area contributed by atoms with E-state index in [0.717, 1.165) is 44.1 Å². The molecule has 1 aromatic rings. The number of hydrogen-bond donors (Lipinski definition) is 1. The van der Waals surface area contributed by atoms with Crippen molar-refractivity contribution >= 4 is 18.4 Å². The number of nitrogens with zero attached hydrogens (tertiary/aromatic N) is 3. The minimum Gasteiger partial charge on any atom is -0.341 e. The predicted octanol–water partition coefficient (Wildman–Crippen LogP) is 1.38. The molecule has 0 spiro atoms. The van der Waals surface area contributed by atoms with E-state index in [2.05, 4.69) is 14.9 Å². The van der Waals surface area contributed by atoms with Gasteiger partial charge in [-0.1, -0.05) is 0 Å². The van der Waals surface area contributed by atoms with Gasteiger partial charge in [-0.25, -0.2) is 9.97 Å². The average Bonchev–Trinajstić information content (AvgIpc) is 2.29. The van der Waals surface area contributed by atoms with Crippen LogP contribution in [0.25, 0.3) is 0 Å². The number of anilines is 1. The van der Waals surface area contributed by atoms with Gasteiger partial charge >= 0.3 is 0 Å². The molecule has 0 bridgehead atoms. The summed E-state index contributed by atoms with van der Waals surface area (Å²) in [6.45, 7) is 4.87. The molecule has 2 N–H and O–H groups in total. The first-order valence-electron chi connectivity index (χ1n) is 5.54. The lowest BCUT2D eigenvalue weighted by Crippen LogP contribution is -2.37. The highest BCUT2D eigenvalue weighted by atomic mass is 35.5. The van der Waals surface area contributed by atoms with Crippen LogP contribution in [0, 0.1) is 12.8 Å². The molecule has 0 atom stereocenters. The molecule has 0 aromatic carbocycles. The van der Waals surface area contributed by atoms with E-state index < -0.39 is 0 Å². The number of piperidine rings is 1. The number of hydrogen-bond acceptors (Lipinski definition) is 4. The minimum atomic E-state index is 0. The summed E-state index contributed by atoms with van der Waals surface area (Å²) in [6, 6.07) is 1.93. The SMILES string of the molecule is Cc1ccnc(N2CCC(CN)CC2)n1.Cl. The molecule has 2 rings (SSSR count). The van der Waals surface area contributed by atoms with E-state index in [1.807, 2.05) is 19.2 Å². The van der Waals surface area contributed by atoms with Crippen LogP contribution < -0.4 is 10.6 Å². The van der Waals surface area contributed by atoms with Gasteiger partial charge in [-0.15, -0.1) is 12.4 Å². The van der Waals surface area contributed by atoms with Crippen LogP contribution in [0.4, 0.5) is 5.95 Å². The summed E-state index contributed by atoms with van der Waals surface area (Å²) in [6.07, 6.45) is 4.15. The molecule has 1 fully saturated rings. The van der Waals surface area contributed by atoms with Gasteiger partial charge in [-0.2, -0.15) is 0 Å². The maximum atomic E-state index is 5.66. The van der Waals surface area contributed by atoms with Crippen molar-refractivity contribution in [3.05, 3.63) is 18.0 Å². The van der Waals surface area contributed by atoms with Crippen LogP contribution in [0.3, 0.4) is 0 Å². The minimum absolute atomic E-state index is 0. The van der Waals surface area contributed by atoms with Crippen molar-refractivity contribution in [3.8, 4) is 0 Å². The summed E-state index contributed by atoms with van der Waals surface area (Å²) < 4.78 is 0. The quantitative estimate of drug-likeness (QED) is 0.852. The smallest absolute Gasteiger partial charge is 0.225 e. The van der Waals surface area contributed by atoms with Crippen molar-refractivity contribution in [1.82, 2.24) is 9.97 Å². The molecule has 1 saturated heterocycles. The summed E-state index contributed by atoms with van der Waals surface area (Å²) in [7, 11) is 0. The second kappa shape index (κ2) is 6.01. The molecule has 0 amide bonds. The molecule has 1 aromatic heterocycles. The zero-order valence-electron chi connectivity index (χ0n) is 9.59. The van der Waals surface area contributed by atoms with Crippen molar-refractivity contribution in [2.75, 3.05) is 24.5 Å². The first kappa shape index (κ1) is 13.2. The molecule has 0 saturated carbocycles. The topological polar surface area (TPSA) is 55.0 Å². The zero-order chi connectivity index (χ0) is 10.7. The van der Waals surface area contributed by atoms with E-state index in [4.69, 9.17) is 5.73 Å². The van der Waals surface area contributed by atoms with Crippen LogP contribution >= 0.6 is 12.4 Å². The molecule has 2 heterocycles. The monoisotopic (exact) mass is 242 g/mol. The molecule has 0 aliphatic carbocycles. The highest BCUT2D eigenvalue weighted by Gasteiger charge is 2.19. The predicted molar refractivity (Wildman–Crippen MR) is 68.0 cm³/mol. The fraction of sp³-hybridized carbons (Fsp3) is 0.636. The molecule has 1 aliphatic heterocycles. The van der Waals surface area contributed by atoms with Crippen molar-refractivity contribution in [1.29, 1.82) is 0 Å². The van der Waals surface area contributed by atoms with Crippen LogP contribution in [-0.2, 0) is 0 Å². The van der Waals surface area contributed by atoms with Crippen LogP contribution in [0.15, 0.2) is 12.3 Å². The van der Waals surface area contributed by atoms with E-state index in [1.165, 1.54) is 0 Å². The number of aryl methyl sites for hydroxylation is 1. The van der Waals surface area contributed by atoms with Crippen molar-refractivity contribution in [3.63, 3.8) is 0 Å². The Hall–Kier alpha value is -0.870. The van der Waals surface area contributed by atoms with Crippen LogP contribution in [0.5, 0.6) is 0 Å². The third kappa shape index (κ3) is 3.06. The number of aromatic nitrogens is 2. The maximum absolute atomic E-state index is 5.66. The Morgan fingerprint density at radius 3 is 2.69 bits per heavy atom. The van der Waals surface area contributed by atoms with Gasteiger partial charge in [0, 0.05) is 25.0 Å². The molecule has 0 unspecified atom stereocenters. The lowest BCUT2D eigenvalue weighted by Gasteiger charge is -2.31. The first-order chi connectivity index (χ1) is 7.29. The van der Waals surface area contributed by atoms with Gasteiger partial charge in [0.25, 0.3) is 0 Å². The van der Waals surface area contributed by atoms with Crippen LogP contribution in [0.2, 0.25) is 0 Å². The van der Waals surface area contributed by atoms with Crippen molar-refractivity contribution < 1.29 is 0 Å². The molecular weight excluding hydrogens is 224 g/mol. The van der Waals surface area contributed by atoms with E-state index in [9.17, 15) is 0 Å². The third-order valence-corrected chi connectivity index (χ3v) is 3.01. The third-order valence-electron chi connectivity index (χ3n) is 3.01. The van der Waals surface area contributed by atoms with Crippen LogP contribution in [0.1, 0.15) is 18.5 Å². The van der Waals surface area contributed by atoms with E-state index >= 15 is 0 Å². The summed E-state index contributed by atoms with van der Waals surface area (Å²) >= 11 is 0.